The molecule has 0 unspecified atom stereocenters. The number of nitrogens with zero attached hydrogens (tertiary/aromatic N) is 3. The van der Waals surface area contributed by atoms with Gasteiger partial charge in [-0.15, -0.1) is 0 Å². The zero-order chi connectivity index (χ0) is 19.1. The molecule has 1 atom stereocenters. The molecular formula is C18H27N5O3S. The summed E-state index contributed by atoms with van der Waals surface area (Å²) in [6, 6.07) is 0. The van der Waals surface area contributed by atoms with Gasteiger partial charge in [-0.05, 0) is 37.6 Å². The third-order valence-corrected chi connectivity index (χ3v) is 7.27. The van der Waals surface area contributed by atoms with Gasteiger partial charge in [0.2, 0.25) is 11.9 Å². The van der Waals surface area contributed by atoms with Crippen molar-refractivity contribution in [3.63, 3.8) is 0 Å². The Hall–Kier alpha value is -1.74. The smallest absolute Gasteiger partial charge is 0.225 e. The Morgan fingerprint density at radius 2 is 2.07 bits per heavy atom. The van der Waals surface area contributed by atoms with Gasteiger partial charge in [-0.25, -0.2) is 18.4 Å². The minimum absolute atomic E-state index is 0.0659. The summed E-state index contributed by atoms with van der Waals surface area (Å²) in [4.78, 5) is 23.1. The average Bonchev–Trinajstić information content (AvgIpc) is 3.02. The Balaban J connectivity index is 1.58. The molecule has 0 radical (unpaired) electrons. The molecule has 1 spiro atoms. The quantitative estimate of drug-likeness (QED) is 0.768. The molecule has 9 heteroatoms. The SMILES string of the molecule is CS(=O)(=O)c1cnc(N2CCC3(CC2)CNC(=O)C3)nc1[C@H]1CCCNC1. The number of amides is 1. The Morgan fingerprint density at radius 1 is 1.30 bits per heavy atom. The molecule has 4 heterocycles. The van der Waals surface area contributed by atoms with E-state index in [0.717, 1.165) is 58.4 Å². The van der Waals surface area contributed by atoms with E-state index in [1.807, 2.05) is 0 Å². The summed E-state index contributed by atoms with van der Waals surface area (Å²) in [6.07, 6.45) is 7.09. The zero-order valence-corrected chi connectivity index (χ0v) is 16.5. The fourth-order valence-electron chi connectivity index (χ4n) is 4.48. The summed E-state index contributed by atoms with van der Waals surface area (Å²) in [5.74, 6) is 0.845. The lowest BCUT2D eigenvalue weighted by Gasteiger charge is -2.38. The molecule has 0 aromatic carbocycles. The van der Waals surface area contributed by atoms with Crippen LogP contribution in [0.4, 0.5) is 5.95 Å². The third kappa shape index (κ3) is 3.80. The number of sulfone groups is 1. The van der Waals surface area contributed by atoms with E-state index in [4.69, 9.17) is 4.98 Å². The van der Waals surface area contributed by atoms with Crippen LogP contribution in [0.3, 0.4) is 0 Å². The molecule has 0 aliphatic carbocycles. The number of hydrogen-bond acceptors (Lipinski definition) is 7. The Bertz CT molecular complexity index is 827. The molecule has 0 bridgehead atoms. The lowest BCUT2D eigenvalue weighted by molar-refractivity contribution is -0.119. The largest absolute Gasteiger partial charge is 0.356 e. The molecule has 0 saturated carbocycles. The second kappa shape index (κ2) is 7.01. The van der Waals surface area contributed by atoms with E-state index >= 15 is 0 Å². The summed E-state index contributed by atoms with van der Waals surface area (Å²) in [7, 11) is -3.37. The van der Waals surface area contributed by atoms with Gasteiger partial charge in [-0.3, -0.25) is 4.79 Å². The van der Waals surface area contributed by atoms with Crippen LogP contribution in [-0.4, -0.2) is 63.3 Å². The fourth-order valence-corrected chi connectivity index (χ4v) is 5.31. The van der Waals surface area contributed by atoms with Crippen molar-refractivity contribution in [3.05, 3.63) is 11.9 Å². The lowest BCUT2D eigenvalue weighted by atomic mass is 9.78. The molecule has 27 heavy (non-hydrogen) atoms. The van der Waals surface area contributed by atoms with Gasteiger partial charge in [0.15, 0.2) is 9.84 Å². The van der Waals surface area contributed by atoms with E-state index in [9.17, 15) is 13.2 Å². The van der Waals surface area contributed by atoms with Crippen LogP contribution in [0.15, 0.2) is 11.1 Å². The minimum Gasteiger partial charge on any atom is -0.356 e. The third-order valence-electron chi connectivity index (χ3n) is 6.16. The van der Waals surface area contributed by atoms with Gasteiger partial charge in [0, 0.05) is 44.8 Å². The van der Waals surface area contributed by atoms with Crippen LogP contribution >= 0.6 is 0 Å². The first kappa shape index (κ1) is 18.6. The zero-order valence-electron chi connectivity index (χ0n) is 15.7. The molecule has 1 aromatic heterocycles. The fraction of sp³-hybridized carbons (Fsp3) is 0.722. The highest BCUT2D eigenvalue weighted by Gasteiger charge is 2.41. The van der Waals surface area contributed by atoms with Crippen molar-refractivity contribution in [1.29, 1.82) is 0 Å². The molecule has 1 amide bonds. The molecule has 3 aliphatic rings. The maximum atomic E-state index is 12.2. The normalized spacial score (nSPS) is 25.6. The molecule has 1 aromatic rings. The Kier molecular flexibility index (Phi) is 4.84. The van der Waals surface area contributed by atoms with E-state index in [-0.39, 0.29) is 22.1 Å². The van der Waals surface area contributed by atoms with Crippen molar-refractivity contribution in [2.45, 2.75) is 42.9 Å². The van der Waals surface area contributed by atoms with E-state index in [0.29, 0.717) is 18.1 Å². The van der Waals surface area contributed by atoms with Crippen LogP contribution in [0.5, 0.6) is 0 Å². The summed E-state index contributed by atoms with van der Waals surface area (Å²) >= 11 is 0. The lowest BCUT2D eigenvalue weighted by Crippen LogP contribution is -2.42. The van der Waals surface area contributed by atoms with E-state index in [1.54, 1.807) is 0 Å². The number of anilines is 1. The molecule has 3 saturated heterocycles. The molecular weight excluding hydrogens is 366 g/mol. The predicted molar refractivity (Wildman–Crippen MR) is 101 cm³/mol. The van der Waals surface area contributed by atoms with E-state index < -0.39 is 9.84 Å². The second-order valence-corrected chi connectivity index (χ2v) is 10.2. The number of aromatic nitrogens is 2. The van der Waals surface area contributed by atoms with Crippen molar-refractivity contribution < 1.29 is 13.2 Å². The van der Waals surface area contributed by atoms with Crippen LogP contribution < -0.4 is 15.5 Å². The first-order chi connectivity index (χ1) is 12.9. The highest BCUT2D eigenvalue weighted by atomic mass is 32.2. The summed E-state index contributed by atoms with van der Waals surface area (Å²) in [5, 5.41) is 6.29. The van der Waals surface area contributed by atoms with Crippen molar-refractivity contribution in [3.8, 4) is 0 Å². The minimum atomic E-state index is -3.37. The average molecular weight is 394 g/mol. The Labute approximate surface area is 160 Å². The topological polar surface area (TPSA) is 104 Å². The van der Waals surface area contributed by atoms with Crippen molar-refractivity contribution in [2.24, 2.45) is 5.41 Å². The molecule has 3 aliphatic heterocycles. The van der Waals surface area contributed by atoms with Crippen LogP contribution in [-0.2, 0) is 14.6 Å². The second-order valence-electron chi connectivity index (χ2n) is 8.18. The van der Waals surface area contributed by atoms with Crippen LogP contribution in [0.1, 0.15) is 43.7 Å². The summed E-state index contributed by atoms with van der Waals surface area (Å²) in [5.41, 5.74) is 0.712. The van der Waals surface area contributed by atoms with E-state index in [2.05, 4.69) is 20.5 Å². The number of piperidine rings is 2. The maximum Gasteiger partial charge on any atom is 0.225 e. The molecule has 8 nitrogen and oxygen atoms in total. The van der Waals surface area contributed by atoms with E-state index in [1.165, 1.54) is 12.5 Å². The highest BCUT2D eigenvalue weighted by molar-refractivity contribution is 7.90. The van der Waals surface area contributed by atoms with Crippen molar-refractivity contribution >= 4 is 21.7 Å². The first-order valence-corrected chi connectivity index (χ1v) is 11.5. The summed E-state index contributed by atoms with van der Waals surface area (Å²) in [6.45, 7) is 4.04. The van der Waals surface area contributed by atoms with Gasteiger partial charge in [0.1, 0.15) is 4.90 Å². The van der Waals surface area contributed by atoms with Gasteiger partial charge in [0.05, 0.1) is 11.9 Å². The molecule has 2 N–H and O–H groups in total. The monoisotopic (exact) mass is 393 g/mol. The van der Waals surface area contributed by atoms with Crippen molar-refractivity contribution in [2.75, 3.05) is 43.9 Å². The standard InChI is InChI=1S/C18H27N5O3S/c1-27(25,26)14-11-20-17(22-16(14)13-3-2-6-19-10-13)23-7-4-18(5-8-23)9-15(24)21-12-18/h11,13,19H,2-10,12H2,1H3,(H,21,24)/t13-/m0/s1. The number of carbonyl (C=O) groups excluding carboxylic acids is 1. The van der Waals surface area contributed by atoms with Crippen LogP contribution in [0.25, 0.3) is 0 Å². The maximum absolute atomic E-state index is 12.2. The van der Waals surface area contributed by atoms with Gasteiger partial charge < -0.3 is 15.5 Å². The molecule has 3 fully saturated rings. The number of carbonyl (C=O) groups is 1. The molecule has 4 rings (SSSR count). The van der Waals surface area contributed by atoms with Crippen LogP contribution in [0.2, 0.25) is 0 Å². The van der Waals surface area contributed by atoms with Crippen LogP contribution in [0, 0.1) is 5.41 Å². The highest BCUT2D eigenvalue weighted by Crippen LogP contribution is 2.38. The summed E-state index contributed by atoms with van der Waals surface area (Å²) < 4.78 is 24.5. The number of rotatable bonds is 3. The molecule has 148 valence electrons. The van der Waals surface area contributed by atoms with Crippen molar-refractivity contribution in [1.82, 2.24) is 20.6 Å². The number of nitrogens with one attached hydrogen (secondary N) is 2. The number of hydrogen-bond donors (Lipinski definition) is 2. The Morgan fingerprint density at radius 3 is 2.67 bits per heavy atom. The van der Waals surface area contributed by atoms with Gasteiger partial charge >= 0.3 is 0 Å². The van der Waals surface area contributed by atoms with Gasteiger partial charge in [0.25, 0.3) is 0 Å². The van der Waals surface area contributed by atoms with Gasteiger partial charge in [-0.1, -0.05) is 0 Å². The first-order valence-electron chi connectivity index (χ1n) is 9.66. The predicted octanol–water partition coefficient (Wildman–Crippen LogP) is 0.454. The van der Waals surface area contributed by atoms with Gasteiger partial charge in [-0.2, -0.15) is 0 Å².